The Morgan fingerprint density at radius 2 is 1.79 bits per heavy atom. The summed E-state index contributed by atoms with van der Waals surface area (Å²) in [5.74, 6) is -2.01. The van der Waals surface area contributed by atoms with Crippen molar-refractivity contribution in [2.45, 2.75) is 50.4 Å². The number of hydrogen-bond acceptors (Lipinski definition) is 7. The topological polar surface area (TPSA) is 86.0 Å². The maximum atomic E-state index is 13.3. The molecular weight excluding hydrogens is 649 g/mol. The lowest BCUT2D eigenvalue weighted by Gasteiger charge is -2.31. The normalized spacial score (nSPS) is 18.0. The van der Waals surface area contributed by atoms with Crippen molar-refractivity contribution in [1.29, 1.82) is 0 Å². The molecule has 230 valence electrons. The van der Waals surface area contributed by atoms with Gasteiger partial charge in [0.1, 0.15) is 23.6 Å². The number of carbonyl (C=O) groups excluding carboxylic acids is 1. The van der Waals surface area contributed by atoms with Gasteiger partial charge in [0.2, 0.25) is 5.91 Å². The molecule has 0 saturated carbocycles. The van der Waals surface area contributed by atoms with E-state index in [1.165, 1.54) is 16.2 Å². The highest BCUT2D eigenvalue weighted by atomic mass is 35.5. The second kappa shape index (κ2) is 12.0. The van der Waals surface area contributed by atoms with E-state index >= 15 is 0 Å². The van der Waals surface area contributed by atoms with Crippen LogP contribution in [0.3, 0.4) is 0 Å². The number of thiazole rings is 1. The molecule has 0 aliphatic carbocycles. The molecule has 5 rings (SSSR count). The Kier molecular flexibility index (Phi) is 8.69. The number of alkyl halides is 6. The number of rotatable bonds is 6. The maximum absolute atomic E-state index is 13.3. The zero-order valence-corrected chi connectivity index (χ0v) is 24.0. The highest BCUT2D eigenvalue weighted by molar-refractivity contribution is 7.10. The summed E-state index contributed by atoms with van der Waals surface area (Å²) >= 11 is 14.0. The van der Waals surface area contributed by atoms with Gasteiger partial charge in [0.05, 0.1) is 16.9 Å². The summed E-state index contributed by atoms with van der Waals surface area (Å²) in [7, 11) is 0. The van der Waals surface area contributed by atoms with Crippen LogP contribution in [0.1, 0.15) is 53.1 Å². The van der Waals surface area contributed by atoms with Crippen LogP contribution in [-0.2, 0) is 22.4 Å². The zero-order valence-electron chi connectivity index (χ0n) is 21.7. The van der Waals surface area contributed by atoms with E-state index in [1.54, 1.807) is 18.2 Å². The number of halogens is 8. The van der Waals surface area contributed by atoms with Gasteiger partial charge in [-0.2, -0.15) is 13.2 Å². The molecule has 17 heteroatoms. The van der Waals surface area contributed by atoms with Crippen LogP contribution >= 0.6 is 34.5 Å². The summed E-state index contributed by atoms with van der Waals surface area (Å²) in [5, 5.41) is 7.71. The third kappa shape index (κ3) is 7.10. The van der Waals surface area contributed by atoms with Crippen molar-refractivity contribution in [3.8, 4) is 5.75 Å². The van der Waals surface area contributed by atoms with Crippen LogP contribution in [0.15, 0.2) is 45.8 Å². The number of carbonyl (C=O) groups is 1. The molecule has 1 saturated heterocycles. The molecule has 0 spiro atoms. The van der Waals surface area contributed by atoms with E-state index < -0.39 is 48.0 Å². The molecule has 0 N–H and O–H groups in total. The first-order chi connectivity index (χ1) is 20.2. The first kappa shape index (κ1) is 31.1. The molecule has 3 aromatic rings. The number of piperidine rings is 1. The first-order valence-corrected chi connectivity index (χ1v) is 14.3. The van der Waals surface area contributed by atoms with Crippen LogP contribution in [0.25, 0.3) is 0 Å². The summed E-state index contributed by atoms with van der Waals surface area (Å²) in [6.07, 6.45) is -9.22. The molecule has 1 unspecified atom stereocenters. The van der Waals surface area contributed by atoms with Gasteiger partial charge in [0, 0.05) is 46.4 Å². The molecule has 2 aliphatic heterocycles. The fraction of sp³-hybridized carbons (Fsp3) is 0.385. The minimum atomic E-state index is -5.30. The molecule has 8 nitrogen and oxygen atoms in total. The summed E-state index contributed by atoms with van der Waals surface area (Å²) < 4.78 is 81.7. The number of aromatic nitrogens is 2. The second-order valence-corrected chi connectivity index (χ2v) is 11.5. The molecular formula is C26H20Cl2F6N4O4S. The second-order valence-electron chi connectivity index (χ2n) is 9.77. The summed E-state index contributed by atoms with van der Waals surface area (Å²) in [6.45, 7) is -0.482. The molecule has 2 aliphatic rings. The number of pyridine rings is 1. The number of nitrogens with zero attached hydrogens (tertiary/aromatic N) is 4. The highest BCUT2D eigenvalue weighted by Crippen LogP contribution is 2.39. The van der Waals surface area contributed by atoms with E-state index in [2.05, 4.69) is 9.89 Å². The predicted molar refractivity (Wildman–Crippen MR) is 144 cm³/mol. The van der Waals surface area contributed by atoms with E-state index in [-0.39, 0.29) is 29.6 Å². The van der Waals surface area contributed by atoms with E-state index in [1.807, 2.05) is 5.38 Å². The number of hydrogen-bond donors (Lipinski definition) is 0. The number of amides is 1. The van der Waals surface area contributed by atoms with Gasteiger partial charge < -0.3 is 19.0 Å². The quantitative estimate of drug-likeness (QED) is 0.270. The van der Waals surface area contributed by atoms with Crippen LogP contribution in [-0.4, -0.2) is 45.5 Å². The first-order valence-electron chi connectivity index (χ1n) is 12.7. The lowest BCUT2D eigenvalue weighted by molar-refractivity contribution is -0.275. The van der Waals surface area contributed by atoms with Crippen molar-refractivity contribution < 1.29 is 40.7 Å². The Labute approximate surface area is 253 Å². The largest absolute Gasteiger partial charge is 0.573 e. The number of likely N-dealkylation sites (tertiary alicyclic amines) is 1. The van der Waals surface area contributed by atoms with E-state index in [0.29, 0.717) is 52.5 Å². The summed E-state index contributed by atoms with van der Waals surface area (Å²) in [4.78, 5) is 36.8. The van der Waals surface area contributed by atoms with Crippen molar-refractivity contribution in [2.24, 2.45) is 5.16 Å². The molecule has 1 atom stereocenters. The lowest BCUT2D eigenvalue weighted by atomic mass is 9.97. The van der Waals surface area contributed by atoms with Gasteiger partial charge in [-0.15, -0.1) is 24.5 Å². The zero-order chi connectivity index (χ0) is 31.1. The standard InChI is InChI=1S/C26H20Cl2F6N4O4S/c27-16-2-1-3-17(28)22(16)20-9-18(36-42-20)19-12-43-23(35-19)13-4-6-37(7-5-13)21(39)11-38-10-14(41-26(32,33)34)8-15(24(38)40)25(29,30)31/h1-3,8,10,12-13,20H,4-7,9,11H2. The molecule has 4 heterocycles. The third-order valence-electron chi connectivity index (χ3n) is 6.91. The Hall–Kier alpha value is -3.30. The highest BCUT2D eigenvalue weighted by Gasteiger charge is 2.38. The SMILES string of the molecule is O=C(Cn1cc(OC(F)(F)F)cc(C(F)(F)F)c1=O)N1CCC(c2nc(C3=NOC(c4c(Cl)cccc4Cl)C3)cs2)CC1. The van der Waals surface area contributed by atoms with E-state index in [4.69, 9.17) is 33.0 Å². The minimum absolute atomic E-state index is 0.0254. The van der Waals surface area contributed by atoms with Crippen molar-refractivity contribution in [3.63, 3.8) is 0 Å². The van der Waals surface area contributed by atoms with Crippen molar-refractivity contribution in [1.82, 2.24) is 14.5 Å². The molecule has 2 aromatic heterocycles. The van der Waals surface area contributed by atoms with Gasteiger partial charge in [0.25, 0.3) is 5.56 Å². The van der Waals surface area contributed by atoms with Crippen molar-refractivity contribution in [3.05, 3.63) is 78.1 Å². The van der Waals surface area contributed by atoms with Crippen molar-refractivity contribution >= 4 is 46.2 Å². The van der Waals surface area contributed by atoms with Gasteiger partial charge in [-0.1, -0.05) is 34.4 Å². The average molecular weight is 669 g/mol. The minimum Gasteiger partial charge on any atom is -0.404 e. The van der Waals surface area contributed by atoms with Crippen LogP contribution in [0.5, 0.6) is 5.75 Å². The molecule has 1 aromatic carbocycles. The van der Waals surface area contributed by atoms with Gasteiger partial charge in [-0.3, -0.25) is 9.59 Å². The molecule has 1 amide bonds. The fourth-order valence-corrected chi connectivity index (χ4v) is 6.49. The number of oxime groups is 1. The predicted octanol–water partition coefficient (Wildman–Crippen LogP) is 6.80. The average Bonchev–Trinajstić information content (AvgIpc) is 3.59. The van der Waals surface area contributed by atoms with Gasteiger partial charge in [-0.05, 0) is 31.0 Å². The fourth-order valence-electron chi connectivity index (χ4n) is 4.85. The Balaban J connectivity index is 1.21. The summed E-state index contributed by atoms with van der Waals surface area (Å²) in [6, 6.07) is 5.10. The van der Waals surface area contributed by atoms with Crippen molar-refractivity contribution in [2.75, 3.05) is 13.1 Å². The third-order valence-corrected chi connectivity index (χ3v) is 8.58. The van der Waals surface area contributed by atoms with Crippen LogP contribution in [0.4, 0.5) is 26.3 Å². The molecule has 0 bridgehead atoms. The number of benzene rings is 1. The van der Waals surface area contributed by atoms with Crippen LogP contribution < -0.4 is 10.3 Å². The smallest absolute Gasteiger partial charge is 0.404 e. The van der Waals surface area contributed by atoms with E-state index in [9.17, 15) is 35.9 Å². The van der Waals surface area contributed by atoms with Crippen LogP contribution in [0.2, 0.25) is 10.0 Å². The molecule has 1 fully saturated rings. The Morgan fingerprint density at radius 3 is 2.42 bits per heavy atom. The van der Waals surface area contributed by atoms with E-state index in [0.717, 1.165) is 5.01 Å². The lowest BCUT2D eigenvalue weighted by Crippen LogP contribution is -2.42. The van der Waals surface area contributed by atoms with Gasteiger partial charge in [-0.25, -0.2) is 4.98 Å². The van der Waals surface area contributed by atoms with Gasteiger partial charge in [0.15, 0.2) is 6.10 Å². The van der Waals surface area contributed by atoms with Crippen LogP contribution in [0, 0.1) is 0 Å². The number of ether oxygens (including phenoxy) is 1. The maximum Gasteiger partial charge on any atom is 0.573 e. The Bertz CT molecular complexity index is 1600. The molecule has 43 heavy (non-hydrogen) atoms. The summed E-state index contributed by atoms with van der Waals surface area (Å²) in [5.41, 5.74) is -1.65. The van der Waals surface area contributed by atoms with Gasteiger partial charge >= 0.3 is 12.5 Å². The molecule has 0 radical (unpaired) electrons. The Morgan fingerprint density at radius 1 is 1.12 bits per heavy atom. The monoisotopic (exact) mass is 668 g/mol.